The van der Waals surface area contributed by atoms with Gasteiger partial charge < -0.3 is 113 Å². The van der Waals surface area contributed by atoms with E-state index in [2.05, 4.69) is 0 Å². The fraction of sp³-hybridized carbons (Fsp3) is 0.561. The monoisotopic (exact) mass is 974 g/mol. The van der Waals surface area contributed by atoms with E-state index in [9.17, 15) is 70.2 Å². The molecule has 0 aliphatic carbocycles. The van der Waals surface area contributed by atoms with Crippen LogP contribution in [0.15, 0.2) is 30.0 Å². The molecule has 0 spiro atoms. The lowest BCUT2D eigenvalue weighted by Gasteiger charge is -2.43. The number of aliphatic carboxylic acids is 2. The number of carbonyl (C=O) groups excluding carboxylic acids is 2. The van der Waals surface area contributed by atoms with Gasteiger partial charge in [-0.1, -0.05) is 0 Å². The number of carboxylic acids is 2. The molecule has 27 heteroatoms. The van der Waals surface area contributed by atoms with Crippen LogP contribution in [0.3, 0.4) is 0 Å². The molecule has 0 saturated carbocycles. The molecule has 2 aromatic rings. The molecule has 376 valence electrons. The Morgan fingerprint density at radius 3 is 1.74 bits per heavy atom. The quantitative estimate of drug-likeness (QED) is 0.0540. The van der Waals surface area contributed by atoms with E-state index in [1.807, 2.05) is 0 Å². The van der Waals surface area contributed by atoms with E-state index in [1.54, 1.807) is 0 Å². The molecular formula is C41H50O27. The number of hydrogen-bond donors (Lipinski definition) is 12. The van der Waals surface area contributed by atoms with Gasteiger partial charge in [-0.05, 0) is 25.1 Å². The maximum atomic E-state index is 12.0. The molecule has 3 saturated heterocycles. The van der Waals surface area contributed by atoms with Crippen molar-refractivity contribution in [2.45, 2.75) is 118 Å². The van der Waals surface area contributed by atoms with Gasteiger partial charge in [-0.25, -0.2) is 0 Å². The number of aliphatic hydroxyl groups excluding tert-OH is 8. The third kappa shape index (κ3) is 11.4. The lowest BCUT2D eigenvalue weighted by atomic mass is 9.97. The van der Waals surface area contributed by atoms with Gasteiger partial charge in [0.15, 0.2) is 30.0 Å². The van der Waals surface area contributed by atoms with Crippen molar-refractivity contribution in [3.05, 3.63) is 41.2 Å². The van der Waals surface area contributed by atoms with Crippen LogP contribution >= 0.6 is 0 Å². The Kier molecular flexibility index (Phi) is 16.4. The largest absolute Gasteiger partial charge is 0.508 e. The molecule has 4 aliphatic rings. The number of ether oxygens (including phenoxy) is 11. The molecule has 0 radical (unpaired) electrons. The SMILES string of the molecule is COc1cc(C2Oc3cc(O)cc(OC4OC(COC(=O)CC(=O)O)C(O)C(O)C4O)c3C=C2OC2OC(COC3OC(C)C(OC(=O)CC(=O)O)C(O)C3O)C(O)C(O)C2O)cc(OC)c1O. The topological polar surface area (TPSA) is 413 Å². The number of phenolic OH excluding ortho intramolecular Hbond substituents is 2. The average Bonchev–Trinajstić information content (AvgIpc) is 3.28. The maximum Gasteiger partial charge on any atom is 0.317 e. The van der Waals surface area contributed by atoms with Crippen molar-refractivity contribution in [2.75, 3.05) is 27.4 Å². The number of aliphatic hydroxyl groups is 8. The first-order chi connectivity index (χ1) is 32.1. The number of benzene rings is 2. The average molecular weight is 975 g/mol. The van der Waals surface area contributed by atoms with Crippen LogP contribution in [-0.4, -0.2) is 205 Å². The van der Waals surface area contributed by atoms with E-state index < -0.39 is 160 Å². The van der Waals surface area contributed by atoms with Crippen LogP contribution in [-0.2, 0) is 52.3 Å². The summed E-state index contributed by atoms with van der Waals surface area (Å²) in [5, 5.41) is 126. The molecule has 6 rings (SSSR count). The van der Waals surface area contributed by atoms with Crippen LogP contribution in [0.25, 0.3) is 6.08 Å². The minimum atomic E-state index is -2.04. The molecule has 0 aromatic heterocycles. The fourth-order valence-corrected chi connectivity index (χ4v) is 7.45. The van der Waals surface area contributed by atoms with Crippen molar-refractivity contribution in [3.63, 3.8) is 0 Å². The molecular weight excluding hydrogens is 924 g/mol. The molecule has 4 heterocycles. The van der Waals surface area contributed by atoms with Gasteiger partial charge in [0.2, 0.25) is 18.3 Å². The molecule has 3 fully saturated rings. The smallest absolute Gasteiger partial charge is 0.317 e. The Balaban J connectivity index is 1.29. The first-order valence-corrected chi connectivity index (χ1v) is 20.5. The molecule has 0 amide bonds. The number of carbonyl (C=O) groups is 4. The van der Waals surface area contributed by atoms with Crippen molar-refractivity contribution in [1.82, 2.24) is 0 Å². The van der Waals surface area contributed by atoms with Gasteiger partial charge in [0.25, 0.3) is 0 Å². The summed E-state index contributed by atoms with van der Waals surface area (Å²) < 4.78 is 61.5. The summed E-state index contributed by atoms with van der Waals surface area (Å²) in [5.41, 5.74) is 0.0258. The highest BCUT2D eigenvalue weighted by Gasteiger charge is 2.50. The number of rotatable bonds is 17. The highest BCUT2D eigenvalue weighted by molar-refractivity contribution is 5.90. The van der Waals surface area contributed by atoms with Gasteiger partial charge in [0.1, 0.15) is 103 Å². The molecule has 2 aromatic carbocycles. The number of aromatic hydroxyl groups is 2. The maximum absolute atomic E-state index is 12.0. The molecule has 0 bridgehead atoms. The van der Waals surface area contributed by atoms with Gasteiger partial charge >= 0.3 is 23.9 Å². The Morgan fingerprint density at radius 1 is 0.618 bits per heavy atom. The number of esters is 2. The zero-order valence-electron chi connectivity index (χ0n) is 35.9. The van der Waals surface area contributed by atoms with Crippen LogP contribution < -0.4 is 18.9 Å². The summed E-state index contributed by atoms with van der Waals surface area (Å²) in [5.74, 6) is -7.44. The molecule has 12 N–H and O–H groups in total. The molecule has 27 nitrogen and oxygen atoms in total. The van der Waals surface area contributed by atoms with Crippen molar-refractivity contribution < 1.29 is 133 Å². The van der Waals surface area contributed by atoms with Crippen LogP contribution in [0.1, 0.15) is 37.0 Å². The fourth-order valence-electron chi connectivity index (χ4n) is 7.45. The minimum absolute atomic E-state index is 0.0959. The van der Waals surface area contributed by atoms with Gasteiger partial charge in [0, 0.05) is 17.7 Å². The first-order valence-electron chi connectivity index (χ1n) is 20.5. The van der Waals surface area contributed by atoms with Crippen molar-refractivity contribution in [2.24, 2.45) is 0 Å². The predicted octanol–water partition coefficient (Wildman–Crippen LogP) is -3.51. The molecule has 16 atom stereocenters. The van der Waals surface area contributed by atoms with E-state index in [0.717, 1.165) is 12.1 Å². The second-order valence-corrected chi connectivity index (χ2v) is 15.7. The highest BCUT2D eigenvalue weighted by atomic mass is 16.7. The van der Waals surface area contributed by atoms with Crippen molar-refractivity contribution in [3.8, 4) is 34.5 Å². The minimum Gasteiger partial charge on any atom is -0.508 e. The van der Waals surface area contributed by atoms with E-state index in [1.165, 1.54) is 39.4 Å². The lowest BCUT2D eigenvalue weighted by molar-refractivity contribution is -0.325. The van der Waals surface area contributed by atoms with Crippen LogP contribution in [0.2, 0.25) is 0 Å². The second kappa shape index (κ2) is 21.6. The van der Waals surface area contributed by atoms with Crippen LogP contribution in [0.4, 0.5) is 0 Å². The zero-order chi connectivity index (χ0) is 49.9. The van der Waals surface area contributed by atoms with Gasteiger partial charge in [-0.3, -0.25) is 19.2 Å². The van der Waals surface area contributed by atoms with Gasteiger partial charge in [-0.2, -0.15) is 0 Å². The summed E-state index contributed by atoms with van der Waals surface area (Å²) >= 11 is 0. The molecule has 16 unspecified atom stereocenters. The number of hydrogen-bond acceptors (Lipinski definition) is 25. The third-order valence-electron chi connectivity index (χ3n) is 11.0. The first kappa shape index (κ1) is 51.6. The summed E-state index contributed by atoms with van der Waals surface area (Å²) in [7, 11) is 2.48. The lowest BCUT2D eigenvalue weighted by Crippen LogP contribution is -2.61. The Labute approximate surface area is 383 Å². The van der Waals surface area contributed by atoms with Gasteiger partial charge in [0.05, 0.1) is 32.5 Å². The van der Waals surface area contributed by atoms with Crippen LogP contribution in [0.5, 0.6) is 34.5 Å². The number of carboxylic acid groups (broad SMARTS) is 2. The second-order valence-electron chi connectivity index (χ2n) is 15.7. The van der Waals surface area contributed by atoms with Crippen molar-refractivity contribution >= 4 is 30.0 Å². The zero-order valence-corrected chi connectivity index (χ0v) is 35.9. The molecule has 68 heavy (non-hydrogen) atoms. The van der Waals surface area contributed by atoms with E-state index in [-0.39, 0.29) is 39.9 Å². The Bertz CT molecular complexity index is 2160. The molecule has 4 aliphatic heterocycles. The van der Waals surface area contributed by atoms with E-state index >= 15 is 0 Å². The van der Waals surface area contributed by atoms with Crippen LogP contribution in [0, 0.1) is 0 Å². The third-order valence-corrected chi connectivity index (χ3v) is 11.0. The normalized spacial score (nSPS) is 33.4. The summed E-state index contributed by atoms with van der Waals surface area (Å²) in [6.45, 7) is -0.201. The Morgan fingerprint density at radius 2 is 1.16 bits per heavy atom. The summed E-state index contributed by atoms with van der Waals surface area (Å²) in [6, 6.07) is 4.76. The standard InChI is InChI=1S/C41H50O27/c1-13-37(68-27(48)10-25(45)46)33(54)36(57)39(62-13)61-12-23-30(51)32(53)35(56)41(67-23)65-21-8-16-17(63-38(21)14-4-19(58-2)28(49)20(5-14)59-3)6-15(42)7-18(16)64-40-34(55)31(52)29(50)22(66-40)11-60-26(47)9-24(43)44/h4-8,13,22-23,29-42,49-57H,9-12H2,1-3H3,(H,43,44)(H,45,46). The number of fused-ring (bicyclic) bond motifs is 1. The van der Waals surface area contributed by atoms with E-state index in [4.69, 9.17) is 62.3 Å². The highest BCUT2D eigenvalue weighted by Crippen LogP contribution is 2.48. The van der Waals surface area contributed by atoms with Crippen molar-refractivity contribution in [1.29, 1.82) is 0 Å². The summed E-state index contributed by atoms with van der Waals surface area (Å²) in [6.07, 6.45) is -29.3. The Hall–Kier alpha value is -5.82. The number of methoxy groups -OCH3 is 2. The summed E-state index contributed by atoms with van der Waals surface area (Å²) in [4.78, 5) is 45.7. The number of phenols is 2. The van der Waals surface area contributed by atoms with E-state index in [0.29, 0.717) is 0 Å². The van der Waals surface area contributed by atoms with Gasteiger partial charge in [-0.15, -0.1) is 0 Å². The predicted molar refractivity (Wildman–Crippen MR) is 213 cm³/mol.